The third kappa shape index (κ3) is 3.24. The van der Waals surface area contributed by atoms with E-state index in [0.29, 0.717) is 11.1 Å². The number of carbonyl (C=O) groups excluding carboxylic acids is 1. The molecule has 5 nitrogen and oxygen atoms in total. The van der Waals surface area contributed by atoms with Crippen LogP contribution in [-0.4, -0.2) is 22.5 Å². The number of rotatable bonds is 3. The van der Waals surface area contributed by atoms with Gasteiger partial charge in [-0.3, -0.25) is 9.89 Å². The Labute approximate surface area is 105 Å². The van der Waals surface area contributed by atoms with Gasteiger partial charge in [0, 0.05) is 17.3 Å². The minimum atomic E-state index is -4.84. The monoisotopic (exact) mass is 271 g/mol. The maximum Gasteiger partial charge on any atom is 0.573 e. The maximum absolute atomic E-state index is 12.2. The summed E-state index contributed by atoms with van der Waals surface area (Å²) in [5, 5.41) is 6.19. The molecule has 1 amide bonds. The first-order valence-corrected chi connectivity index (χ1v) is 5.05. The Morgan fingerprint density at radius 1 is 1.26 bits per heavy atom. The molecule has 0 aliphatic rings. The maximum atomic E-state index is 12.2. The first-order valence-electron chi connectivity index (χ1n) is 5.05. The average molecular weight is 271 g/mol. The summed E-state index contributed by atoms with van der Waals surface area (Å²) in [5.74, 6) is -1.36. The van der Waals surface area contributed by atoms with Crippen LogP contribution in [0.15, 0.2) is 30.6 Å². The van der Waals surface area contributed by atoms with Crippen LogP contribution in [0.4, 0.5) is 13.2 Å². The molecule has 0 saturated carbocycles. The number of halogens is 3. The molecule has 1 heterocycles. The van der Waals surface area contributed by atoms with Gasteiger partial charge in [-0.1, -0.05) is 0 Å². The lowest BCUT2D eigenvalue weighted by Crippen LogP contribution is -2.18. The van der Waals surface area contributed by atoms with E-state index in [4.69, 9.17) is 5.73 Å². The van der Waals surface area contributed by atoms with E-state index in [1.54, 1.807) is 0 Å². The molecule has 0 unspecified atom stereocenters. The molecule has 2 aromatic rings. The Hall–Kier alpha value is -2.51. The molecule has 0 spiro atoms. The minimum Gasteiger partial charge on any atom is -0.406 e. The van der Waals surface area contributed by atoms with Crippen LogP contribution in [-0.2, 0) is 0 Å². The second kappa shape index (κ2) is 4.63. The predicted octanol–water partition coefficient (Wildman–Crippen LogP) is 2.07. The average Bonchev–Trinajstić information content (AvgIpc) is 2.79. The van der Waals surface area contributed by atoms with Crippen molar-refractivity contribution in [3.05, 3.63) is 36.2 Å². The summed E-state index contributed by atoms with van der Waals surface area (Å²) in [6, 6.07) is 3.43. The lowest BCUT2D eigenvalue weighted by Gasteiger charge is -2.11. The van der Waals surface area contributed by atoms with Crippen molar-refractivity contribution >= 4 is 5.91 Å². The molecule has 0 aliphatic carbocycles. The van der Waals surface area contributed by atoms with Crippen molar-refractivity contribution in [1.82, 2.24) is 10.2 Å². The summed E-state index contributed by atoms with van der Waals surface area (Å²) in [6.45, 7) is 0. The molecule has 19 heavy (non-hydrogen) atoms. The smallest absolute Gasteiger partial charge is 0.406 e. The molecule has 3 N–H and O–H groups in total. The molecule has 0 bridgehead atoms. The first-order chi connectivity index (χ1) is 8.85. The van der Waals surface area contributed by atoms with Gasteiger partial charge in [0.25, 0.3) is 0 Å². The third-order valence-corrected chi connectivity index (χ3v) is 2.26. The van der Waals surface area contributed by atoms with Gasteiger partial charge in [-0.25, -0.2) is 0 Å². The van der Waals surface area contributed by atoms with Gasteiger partial charge in [0.05, 0.1) is 6.20 Å². The first kappa shape index (κ1) is 12.9. The molecule has 1 aromatic carbocycles. The zero-order valence-corrected chi connectivity index (χ0v) is 9.36. The number of hydrogen-bond donors (Lipinski definition) is 2. The van der Waals surface area contributed by atoms with Crippen LogP contribution < -0.4 is 10.5 Å². The van der Waals surface area contributed by atoms with Gasteiger partial charge in [0.15, 0.2) is 0 Å². The zero-order chi connectivity index (χ0) is 14.0. The predicted molar refractivity (Wildman–Crippen MR) is 59.2 cm³/mol. The summed E-state index contributed by atoms with van der Waals surface area (Å²) < 4.78 is 40.4. The molecule has 0 saturated heterocycles. The topological polar surface area (TPSA) is 81.0 Å². The Balaban J connectivity index is 2.47. The van der Waals surface area contributed by atoms with Gasteiger partial charge in [0.1, 0.15) is 5.75 Å². The third-order valence-electron chi connectivity index (χ3n) is 2.26. The molecule has 0 radical (unpaired) electrons. The number of nitrogens with one attached hydrogen (secondary N) is 1. The van der Waals surface area contributed by atoms with Crippen molar-refractivity contribution in [2.75, 3.05) is 0 Å². The molecular weight excluding hydrogens is 263 g/mol. The number of aromatic nitrogens is 2. The molecule has 0 aliphatic heterocycles. The van der Waals surface area contributed by atoms with Crippen LogP contribution in [0.2, 0.25) is 0 Å². The van der Waals surface area contributed by atoms with Gasteiger partial charge < -0.3 is 10.5 Å². The fourth-order valence-electron chi connectivity index (χ4n) is 1.51. The lowest BCUT2D eigenvalue weighted by atomic mass is 10.1. The fraction of sp³-hybridized carbons (Fsp3) is 0.0909. The van der Waals surface area contributed by atoms with Crippen LogP contribution in [0, 0.1) is 0 Å². The highest BCUT2D eigenvalue weighted by atomic mass is 19.4. The van der Waals surface area contributed by atoms with Crippen molar-refractivity contribution in [3.8, 4) is 16.9 Å². The van der Waals surface area contributed by atoms with Gasteiger partial charge in [0.2, 0.25) is 5.91 Å². The number of aromatic amines is 1. The van der Waals surface area contributed by atoms with Crippen molar-refractivity contribution in [1.29, 1.82) is 0 Å². The van der Waals surface area contributed by atoms with E-state index in [0.717, 1.165) is 12.1 Å². The summed E-state index contributed by atoms with van der Waals surface area (Å²) in [5.41, 5.74) is 5.83. The second-order valence-electron chi connectivity index (χ2n) is 3.65. The number of ether oxygens (including phenoxy) is 1. The molecular formula is C11H8F3N3O2. The molecule has 0 atom stereocenters. The van der Waals surface area contributed by atoms with Crippen molar-refractivity contribution in [2.24, 2.45) is 5.73 Å². The second-order valence-corrected chi connectivity index (χ2v) is 3.65. The molecule has 2 rings (SSSR count). The summed E-state index contributed by atoms with van der Waals surface area (Å²) in [6.07, 6.45) is -1.97. The van der Waals surface area contributed by atoms with Crippen molar-refractivity contribution in [2.45, 2.75) is 6.36 Å². The summed E-state index contributed by atoms with van der Waals surface area (Å²) in [7, 11) is 0. The van der Waals surface area contributed by atoms with E-state index in [1.165, 1.54) is 18.5 Å². The van der Waals surface area contributed by atoms with Crippen LogP contribution in [0.5, 0.6) is 5.75 Å². The normalized spacial score (nSPS) is 11.3. The molecule has 0 fully saturated rings. The highest BCUT2D eigenvalue weighted by Crippen LogP contribution is 2.29. The lowest BCUT2D eigenvalue weighted by molar-refractivity contribution is -0.274. The number of benzene rings is 1. The highest BCUT2D eigenvalue weighted by Gasteiger charge is 2.31. The highest BCUT2D eigenvalue weighted by molar-refractivity contribution is 5.94. The largest absolute Gasteiger partial charge is 0.573 e. The number of carbonyl (C=O) groups is 1. The van der Waals surface area contributed by atoms with E-state index in [9.17, 15) is 18.0 Å². The Bertz CT molecular complexity index is 594. The van der Waals surface area contributed by atoms with E-state index in [2.05, 4.69) is 14.9 Å². The van der Waals surface area contributed by atoms with Gasteiger partial charge >= 0.3 is 6.36 Å². The van der Waals surface area contributed by atoms with Gasteiger partial charge in [-0.2, -0.15) is 5.10 Å². The summed E-state index contributed by atoms with van der Waals surface area (Å²) >= 11 is 0. The number of hydrogen-bond acceptors (Lipinski definition) is 3. The summed E-state index contributed by atoms with van der Waals surface area (Å²) in [4.78, 5) is 11.1. The molecule has 8 heteroatoms. The number of H-pyrrole nitrogens is 1. The van der Waals surface area contributed by atoms with E-state index < -0.39 is 18.0 Å². The number of alkyl halides is 3. The van der Waals surface area contributed by atoms with Gasteiger partial charge in [-0.15, -0.1) is 13.2 Å². The Morgan fingerprint density at radius 2 is 2.00 bits per heavy atom. The van der Waals surface area contributed by atoms with E-state index in [-0.39, 0.29) is 5.56 Å². The van der Waals surface area contributed by atoms with Crippen LogP contribution >= 0.6 is 0 Å². The number of primary amides is 1. The van der Waals surface area contributed by atoms with Crippen LogP contribution in [0.3, 0.4) is 0 Å². The standard InChI is InChI=1S/C11H8F3N3O2/c12-11(13,14)19-9-2-6(8-4-16-17-5-8)1-7(3-9)10(15)18/h1-5H,(H2,15,18)(H,16,17). The van der Waals surface area contributed by atoms with E-state index >= 15 is 0 Å². The minimum absolute atomic E-state index is 0.0852. The SMILES string of the molecule is NC(=O)c1cc(OC(F)(F)F)cc(-c2cn[nH]c2)c1. The Morgan fingerprint density at radius 3 is 2.53 bits per heavy atom. The zero-order valence-electron chi connectivity index (χ0n) is 9.36. The van der Waals surface area contributed by atoms with Crippen LogP contribution in [0.1, 0.15) is 10.4 Å². The Kier molecular flexibility index (Phi) is 3.16. The number of amides is 1. The number of nitrogens with two attached hydrogens (primary N) is 1. The fourth-order valence-corrected chi connectivity index (χ4v) is 1.51. The van der Waals surface area contributed by atoms with Crippen molar-refractivity contribution in [3.63, 3.8) is 0 Å². The van der Waals surface area contributed by atoms with Crippen molar-refractivity contribution < 1.29 is 22.7 Å². The molecule has 100 valence electrons. The van der Waals surface area contributed by atoms with Crippen LogP contribution in [0.25, 0.3) is 11.1 Å². The molecule has 1 aromatic heterocycles. The number of nitrogens with zero attached hydrogens (tertiary/aromatic N) is 1. The van der Waals surface area contributed by atoms with E-state index in [1.807, 2.05) is 0 Å². The quantitative estimate of drug-likeness (QED) is 0.896. The van der Waals surface area contributed by atoms with Gasteiger partial charge in [-0.05, 0) is 23.8 Å².